The van der Waals surface area contributed by atoms with Crippen LogP contribution in [0.1, 0.15) is 58.7 Å². The number of methoxy groups -OCH3 is 1. The average Bonchev–Trinajstić information content (AvgIpc) is 3.09. The summed E-state index contributed by atoms with van der Waals surface area (Å²) in [5.41, 5.74) is 1.14. The number of carbonyl (C=O) groups excluding carboxylic acids is 1. The number of oxime groups is 1. The standard InChI is InChI=1S/C40H48N4O5Si/c1-39(2,3)36(29-19-21-30(48-7)22-20-29)43(38(46)47)35-26-28(23-24-41-35)25-33-34(27-42-49-8)44(37(33)45)50(40(4,5)6,31-15-11-9-12-16-31)32-17-13-10-14-18-32/h9-24,26-27,33-34,36H,25H2,1-8H3,(H,46,47)/t33-,34-,36?/m1/s1. The molecule has 0 aliphatic carbocycles. The molecule has 3 aromatic carbocycles. The molecule has 2 heterocycles. The summed E-state index contributed by atoms with van der Waals surface area (Å²) in [4.78, 5) is 38.8. The van der Waals surface area contributed by atoms with Gasteiger partial charge in [0.15, 0.2) is 0 Å². The molecule has 0 spiro atoms. The molecule has 0 radical (unpaired) electrons. The van der Waals surface area contributed by atoms with Gasteiger partial charge in [0.05, 0.1) is 31.3 Å². The van der Waals surface area contributed by atoms with E-state index in [4.69, 9.17) is 9.57 Å². The Kier molecular flexibility index (Phi) is 10.5. The maximum Gasteiger partial charge on any atom is 0.413 e. The molecule has 1 aliphatic rings. The molecule has 4 aromatic rings. The first-order valence-electron chi connectivity index (χ1n) is 16.9. The maximum atomic E-state index is 14.7. The Hall–Kier alpha value is -4.96. The van der Waals surface area contributed by atoms with E-state index in [2.05, 4.69) is 59.7 Å². The molecule has 262 valence electrons. The molecule has 2 amide bonds. The summed E-state index contributed by atoms with van der Waals surface area (Å²) in [6.45, 7) is 12.7. The number of rotatable bonds is 11. The summed E-state index contributed by atoms with van der Waals surface area (Å²) >= 11 is 0. The lowest BCUT2D eigenvalue weighted by Gasteiger charge is -2.60. The lowest BCUT2D eigenvalue weighted by Crippen LogP contribution is -2.84. The van der Waals surface area contributed by atoms with Crippen molar-refractivity contribution in [2.24, 2.45) is 16.5 Å². The lowest BCUT2D eigenvalue weighted by atomic mass is 9.81. The zero-order valence-corrected chi connectivity index (χ0v) is 31.2. The Morgan fingerprint density at radius 3 is 2.00 bits per heavy atom. The average molecular weight is 693 g/mol. The van der Waals surface area contributed by atoms with Gasteiger partial charge in [0, 0.05) is 6.20 Å². The van der Waals surface area contributed by atoms with Gasteiger partial charge in [0.2, 0.25) is 14.1 Å². The van der Waals surface area contributed by atoms with Gasteiger partial charge in [-0.2, -0.15) is 0 Å². The number of pyridine rings is 1. The van der Waals surface area contributed by atoms with E-state index in [-0.39, 0.29) is 17.0 Å². The van der Waals surface area contributed by atoms with Gasteiger partial charge in [-0.15, -0.1) is 0 Å². The largest absolute Gasteiger partial charge is 0.497 e. The fraction of sp³-hybridized carbons (Fsp3) is 0.350. The zero-order valence-electron chi connectivity index (χ0n) is 30.2. The molecule has 1 unspecified atom stereocenters. The fourth-order valence-corrected chi connectivity index (χ4v) is 13.5. The second-order valence-electron chi connectivity index (χ2n) is 14.9. The van der Waals surface area contributed by atoms with Crippen LogP contribution in [0.4, 0.5) is 10.6 Å². The minimum absolute atomic E-state index is 0.0334. The summed E-state index contributed by atoms with van der Waals surface area (Å²) in [5.74, 6) is 0.575. The third-order valence-corrected chi connectivity index (χ3v) is 15.4. The summed E-state index contributed by atoms with van der Waals surface area (Å²) in [7, 11) is 0.107. The minimum Gasteiger partial charge on any atom is -0.497 e. The van der Waals surface area contributed by atoms with Crippen molar-refractivity contribution in [3.05, 3.63) is 114 Å². The van der Waals surface area contributed by atoms with Crippen LogP contribution in [0, 0.1) is 11.3 Å². The van der Waals surface area contributed by atoms with Crippen LogP contribution in [0.2, 0.25) is 5.04 Å². The number of amides is 2. The Morgan fingerprint density at radius 1 is 0.940 bits per heavy atom. The quantitative estimate of drug-likeness (QED) is 0.0792. The monoisotopic (exact) mass is 692 g/mol. The number of carboxylic acid groups (broad SMARTS) is 1. The molecule has 0 saturated carbocycles. The molecule has 3 atom stereocenters. The molecule has 1 aliphatic heterocycles. The number of nitrogens with zero attached hydrogens (tertiary/aromatic N) is 4. The van der Waals surface area contributed by atoms with Crippen LogP contribution in [0.3, 0.4) is 0 Å². The summed E-state index contributed by atoms with van der Waals surface area (Å²) in [6.07, 6.45) is 2.62. The smallest absolute Gasteiger partial charge is 0.413 e. The van der Waals surface area contributed by atoms with Crippen molar-refractivity contribution in [3.63, 3.8) is 0 Å². The normalized spacial score (nSPS) is 17.3. The third kappa shape index (κ3) is 6.76. The summed E-state index contributed by atoms with van der Waals surface area (Å²) in [5, 5.41) is 16.8. The van der Waals surface area contributed by atoms with E-state index in [0.717, 1.165) is 21.5 Å². The van der Waals surface area contributed by atoms with Crippen LogP contribution < -0.4 is 20.0 Å². The van der Waals surface area contributed by atoms with Gasteiger partial charge in [-0.05, 0) is 62.6 Å². The van der Waals surface area contributed by atoms with Gasteiger partial charge < -0.3 is 19.2 Å². The fourth-order valence-electron chi connectivity index (χ4n) is 7.63. The van der Waals surface area contributed by atoms with E-state index in [1.165, 1.54) is 12.0 Å². The number of ether oxygens (including phenoxy) is 1. The van der Waals surface area contributed by atoms with Gasteiger partial charge in [0.25, 0.3) is 0 Å². The van der Waals surface area contributed by atoms with E-state index in [1.54, 1.807) is 25.6 Å². The molecule has 1 fully saturated rings. The number of benzene rings is 3. The number of hydrogen-bond donors (Lipinski definition) is 1. The van der Waals surface area contributed by atoms with Gasteiger partial charge >= 0.3 is 6.09 Å². The van der Waals surface area contributed by atoms with Crippen molar-refractivity contribution >= 4 is 42.6 Å². The molecule has 1 aromatic heterocycles. The van der Waals surface area contributed by atoms with Crippen molar-refractivity contribution in [1.29, 1.82) is 0 Å². The molecule has 1 saturated heterocycles. The highest BCUT2D eigenvalue weighted by molar-refractivity contribution is 7.03. The SMILES string of the molecule is CON=C[C@@H]1[C@@H](Cc2ccnc(N(C(=O)O)C(c3ccc(OC)cc3)C(C)(C)C)c2)C(=O)N1[Si](c1ccccc1)(c1ccccc1)C(C)(C)C. The van der Waals surface area contributed by atoms with Crippen molar-refractivity contribution in [2.45, 2.75) is 65.1 Å². The number of hydrogen-bond acceptors (Lipinski definition) is 6. The van der Waals surface area contributed by atoms with Gasteiger partial charge in [-0.3, -0.25) is 9.69 Å². The maximum absolute atomic E-state index is 14.7. The topological polar surface area (TPSA) is 105 Å². The molecule has 5 rings (SSSR count). The van der Waals surface area contributed by atoms with Crippen molar-refractivity contribution in [3.8, 4) is 5.75 Å². The van der Waals surface area contributed by atoms with Crippen LogP contribution in [0.5, 0.6) is 5.75 Å². The molecule has 50 heavy (non-hydrogen) atoms. The Balaban J connectivity index is 1.56. The summed E-state index contributed by atoms with van der Waals surface area (Å²) < 4.78 is 7.44. The van der Waals surface area contributed by atoms with E-state index < -0.39 is 31.7 Å². The Morgan fingerprint density at radius 2 is 1.52 bits per heavy atom. The summed E-state index contributed by atoms with van der Waals surface area (Å²) in [6, 6.07) is 30.9. The molecule has 10 heteroatoms. The highest BCUT2D eigenvalue weighted by Crippen LogP contribution is 2.46. The number of carbonyl (C=O) groups is 2. The van der Waals surface area contributed by atoms with Crippen molar-refractivity contribution in [1.82, 2.24) is 9.55 Å². The third-order valence-electron chi connectivity index (χ3n) is 9.64. The van der Waals surface area contributed by atoms with E-state index >= 15 is 0 Å². The first kappa shape index (κ1) is 36.3. The van der Waals surface area contributed by atoms with Crippen LogP contribution in [-0.4, -0.2) is 61.4 Å². The number of anilines is 1. The van der Waals surface area contributed by atoms with Crippen LogP contribution in [0.15, 0.2) is 108 Å². The van der Waals surface area contributed by atoms with Crippen LogP contribution >= 0.6 is 0 Å². The predicted molar refractivity (Wildman–Crippen MR) is 201 cm³/mol. The minimum atomic E-state index is -3.00. The zero-order chi connectivity index (χ0) is 36.3. The van der Waals surface area contributed by atoms with Crippen LogP contribution in [-0.2, 0) is 16.1 Å². The van der Waals surface area contributed by atoms with Gasteiger partial charge in [-0.1, -0.05) is 119 Å². The Labute approximate surface area is 296 Å². The molecule has 1 N–H and O–H groups in total. The highest BCUT2D eigenvalue weighted by Gasteiger charge is 2.63. The van der Waals surface area contributed by atoms with Gasteiger partial charge in [0.1, 0.15) is 18.7 Å². The van der Waals surface area contributed by atoms with Crippen LogP contribution in [0.25, 0.3) is 0 Å². The lowest BCUT2D eigenvalue weighted by molar-refractivity contribution is -0.144. The molecule has 9 nitrogen and oxygen atoms in total. The first-order chi connectivity index (χ1) is 23.7. The van der Waals surface area contributed by atoms with Crippen molar-refractivity contribution in [2.75, 3.05) is 19.1 Å². The van der Waals surface area contributed by atoms with E-state index in [1.807, 2.05) is 87.5 Å². The molecule has 0 bridgehead atoms. The number of β-lactam (4-membered cyclic amide) rings is 1. The second-order valence-corrected chi connectivity index (χ2v) is 19.4. The number of aromatic nitrogens is 1. The molecular weight excluding hydrogens is 645 g/mol. The van der Waals surface area contributed by atoms with E-state index in [0.29, 0.717) is 18.0 Å². The predicted octanol–water partition coefficient (Wildman–Crippen LogP) is 6.92. The van der Waals surface area contributed by atoms with E-state index in [9.17, 15) is 14.7 Å². The molecular formula is C40H48N4O5Si. The van der Waals surface area contributed by atoms with Crippen molar-refractivity contribution < 1.29 is 24.3 Å². The Bertz CT molecular complexity index is 1760. The second kappa shape index (κ2) is 14.5. The highest BCUT2D eigenvalue weighted by atomic mass is 28.3. The van der Waals surface area contributed by atoms with Gasteiger partial charge in [-0.25, -0.2) is 9.78 Å². The first-order valence-corrected chi connectivity index (χ1v) is 18.8.